The Bertz CT molecular complexity index is 118. The smallest absolute Gasteiger partial charge is 0.0590 e. The molecule has 0 aromatic rings. The van der Waals surface area contributed by atoms with Gasteiger partial charge in [0.25, 0.3) is 0 Å². The fourth-order valence-corrected chi connectivity index (χ4v) is 1.31. The Morgan fingerprint density at radius 3 is 2.47 bits per heavy atom. The summed E-state index contributed by atoms with van der Waals surface area (Å²) in [7, 11) is 1.73. The summed E-state index contributed by atoms with van der Waals surface area (Å²) in [6, 6.07) is 0. The summed E-state index contributed by atoms with van der Waals surface area (Å²) in [4.78, 5) is 0. The van der Waals surface area contributed by atoms with Crippen LogP contribution in [0.2, 0.25) is 0 Å². The molecule has 3 nitrogen and oxygen atoms in total. The molecule has 0 heterocycles. The van der Waals surface area contributed by atoms with Crippen LogP contribution in [0.25, 0.3) is 0 Å². The van der Waals surface area contributed by atoms with Crippen LogP contribution in [0, 0.1) is 5.92 Å². The van der Waals surface area contributed by atoms with Gasteiger partial charge in [-0.2, -0.15) is 0 Å². The summed E-state index contributed by atoms with van der Waals surface area (Å²) in [6.07, 6.45) is 3.52. The highest BCUT2D eigenvalue weighted by Crippen LogP contribution is 2.02. The molecule has 1 N–H and O–H groups in total. The van der Waals surface area contributed by atoms with Gasteiger partial charge in [0.2, 0.25) is 0 Å². The van der Waals surface area contributed by atoms with E-state index in [9.17, 15) is 0 Å². The minimum Gasteiger partial charge on any atom is -0.385 e. The summed E-state index contributed by atoms with van der Waals surface area (Å²) >= 11 is 0. The van der Waals surface area contributed by atoms with Crippen LogP contribution in [0.1, 0.15) is 33.1 Å². The van der Waals surface area contributed by atoms with Gasteiger partial charge < -0.3 is 14.8 Å². The molecule has 0 saturated carbocycles. The first-order chi connectivity index (χ1) is 7.27. The van der Waals surface area contributed by atoms with Crippen molar-refractivity contribution in [3.8, 4) is 0 Å². The number of nitrogens with one attached hydrogen (secondary N) is 1. The minimum atomic E-state index is 0.792. The molecular weight excluding hydrogens is 190 g/mol. The van der Waals surface area contributed by atoms with Crippen molar-refractivity contribution >= 4 is 0 Å². The first-order valence-electron chi connectivity index (χ1n) is 6.04. The second kappa shape index (κ2) is 12.0. The highest BCUT2D eigenvalue weighted by molar-refractivity contribution is 4.47. The van der Waals surface area contributed by atoms with Crippen LogP contribution < -0.4 is 5.32 Å². The average molecular weight is 217 g/mol. The first-order valence-corrected chi connectivity index (χ1v) is 6.04. The topological polar surface area (TPSA) is 30.5 Å². The quantitative estimate of drug-likeness (QED) is 0.537. The maximum atomic E-state index is 5.50. The molecule has 0 unspecified atom stereocenters. The van der Waals surface area contributed by atoms with Gasteiger partial charge in [-0.3, -0.25) is 0 Å². The van der Waals surface area contributed by atoms with Crippen molar-refractivity contribution in [3.05, 3.63) is 0 Å². The fraction of sp³-hybridized carbons (Fsp3) is 1.00. The molecule has 0 spiro atoms. The molecule has 0 fully saturated rings. The van der Waals surface area contributed by atoms with Gasteiger partial charge in [-0.15, -0.1) is 0 Å². The van der Waals surface area contributed by atoms with E-state index in [0.29, 0.717) is 0 Å². The van der Waals surface area contributed by atoms with Gasteiger partial charge in [0.15, 0.2) is 0 Å². The van der Waals surface area contributed by atoms with Gasteiger partial charge in [-0.25, -0.2) is 0 Å². The van der Waals surface area contributed by atoms with Crippen molar-refractivity contribution in [2.75, 3.05) is 40.0 Å². The van der Waals surface area contributed by atoms with Gasteiger partial charge in [0, 0.05) is 26.9 Å². The Hall–Kier alpha value is -0.120. The Morgan fingerprint density at radius 2 is 1.80 bits per heavy atom. The van der Waals surface area contributed by atoms with Gasteiger partial charge in [0.1, 0.15) is 0 Å². The van der Waals surface area contributed by atoms with Crippen LogP contribution in [0.5, 0.6) is 0 Å². The van der Waals surface area contributed by atoms with E-state index < -0.39 is 0 Å². The molecule has 0 bridgehead atoms. The van der Waals surface area contributed by atoms with Gasteiger partial charge in [0.05, 0.1) is 6.61 Å². The van der Waals surface area contributed by atoms with Crippen LogP contribution in [-0.4, -0.2) is 40.0 Å². The Morgan fingerprint density at radius 1 is 1.00 bits per heavy atom. The fourth-order valence-electron chi connectivity index (χ4n) is 1.31. The zero-order valence-electron chi connectivity index (χ0n) is 10.6. The van der Waals surface area contributed by atoms with E-state index in [1.165, 1.54) is 12.8 Å². The molecule has 0 aliphatic rings. The minimum absolute atomic E-state index is 0.792. The molecule has 0 saturated heterocycles. The Kier molecular flexibility index (Phi) is 11.9. The lowest BCUT2D eigenvalue weighted by molar-refractivity contribution is 0.128. The van der Waals surface area contributed by atoms with E-state index in [1.54, 1.807) is 7.11 Å². The standard InChI is InChI=1S/C12H27NO2/c1-12(2)6-4-10-15-11-8-13-7-5-9-14-3/h12-13H,4-11H2,1-3H3. The Labute approximate surface area is 94.5 Å². The van der Waals surface area contributed by atoms with Gasteiger partial charge >= 0.3 is 0 Å². The predicted octanol–water partition coefficient (Wildman–Crippen LogP) is 2.07. The van der Waals surface area contributed by atoms with Crippen molar-refractivity contribution < 1.29 is 9.47 Å². The number of hydrogen-bond acceptors (Lipinski definition) is 3. The van der Waals surface area contributed by atoms with E-state index >= 15 is 0 Å². The van der Waals surface area contributed by atoms with Gasteiger partial charge in [-0.05, 0) is 31.7 Å². The first kappa shape index (κ1) is 14.9. The highest BCUT2D eigenvalue weighted by Gasteiger charge is 1.94. The summed E-state index contributed by atoms with van der Waals surface area (Å²) in [6.45, 7) is 9.02. The largest absolute Gasteiger partial charge is 0.385 e. The number of methoxy groups -OCH3 is 1. The molecule has 0 rings (SSSR count). The third-order valence-electron chi connectivity index (χ3n) is 2.20. The molecule has 0 radical (unpaired) electrons. The molecule has 15 heavy (non-hydrogen) atoms. The summed E-state index contributed by atoms with van der Waals surface area (Å²) in [5.74, 6) is 0.792. The molecule has 0 aromatic heterocycles. The second-order valence-corrected chi connectivity index (χ2v) is 4.24. The molecule has 0 aliphatic heterocycles. The van der Waals surface area contributed by atoms with E-state index in [0.717, 1.165) is 45.2 Å². The molecule has 0 atom stereocenters. The number of ether oxygens (including phenoxy) is 2. The lowest BCUT2D eigenvalue weighted by Gasteiger charge is -2.07. The number of hydrogen-bond donors (Lipinski definition) is 1. The normalized spacial score (nSPS) is 11.2. The van der Waals surface area contributed by atoms with E-state index in [2.05, 4.69) is 19.2 Å². The number of rotatable bonds is 11. The third-order valence-corrected chi connectivity index (χ3v) is 2.20. The summed E-state index contributed by atoms with van der Waals surface area (Å²) in [5.41, 5.74) is 0. The summed E-state index contributed by atoms with van der Waals surface area (Å²) < 4.78 is 10.4. The van der Waals surface area contributed by atoms with Crippen LogP contribution in [0.3, 0.4) is 0 Å². The third kappa shape index (κ3) is 13.9. The molecular formula is C12H27NO2. The summed E-state index contributed by atoms with van der Waals surface area (Å²) in [5, 5.41) is 3.31. The van der Waals surface area contributed by atoms with Crippen molar-refractivity contribution in [1.82, 2.24) is 5.32 Å². The maximum Gasteiger partial charge on any atom is 0.0590 e. The van der Waals surface area contributed by atoms with Crippen LogP contribution in [0.15, 0.2) is 0 Å². The van der Waals surface area contributed by atoms with Crippen molar-refractivity contribution in [3.63, 3.8) is 0 Å². The van der Waals surface area contributed by atoms with Crippen LogP contribution >= 0.6 is 0 Å². The monoisotopic (exact) mass is 217 g/mol. The SMILES string of the molecule is COCCCNCCOCCCC(C)C. The van der Waals surface area contributed by atoms with Crippen molar-refractivity contribution in [1.29, 1.82) is 0 Å². The van der Waals surface area contributed by atoms with Crippen molar-refractivity contribution in [2.45, 2.75) is 33.1 Å². The Balaban J connectivity index is 2.87. The van der Waals surface area contributed by atoms with Crippen LogP contribution in [-0.2, 0) is 9.47 Å². The molecule has 3 heteroatoms. The molecule has 0 aromatic carbocycles. The maximum absolute atomic E-state index is 5.50. The second-order valence-electron chi connectivity index (χ2n) is 4.24. The molecule has 92 valence electrons. The predicted molar refractivity (Wildman–Crippen MR) is 64.3 cm³/mol. The van der Waals surface area contributed by atoms with E-state index in [4.69, 9.17) is 9.47 Å². The van der Waals surface area contributed by atoms with Crippen molar-refractivity contribution in [2.24, 2.45) is 5.92 Å². The zero-order chi connectivity index (χ0) is 11.4. The van der Waals surface area contributed by atoms with E-state index in [-0.39, 0.29) is 0 Å². The molecule has 0 aliphatic carbocycles. The van der Waals surface area contributed by atoms with E-state index in [1.807, 2.05) is 0 Å². The van der Waals surface area contributed by atoms with Gasteiger partial charge in [-0.1, -0.05) is 13.8 Å². The lowest BCUT2D eigenvalue weighted by Crippen LogP contribution is -2.22. The highest BCUT2D eigenvalue weighted by atomic mass is 16.5. The average Bonchev–Trinajstić information content (AvgIpc) is 2.20. The zero-order valence-corrected chi connectivity index (χ0v) is 10.6. The van der Waals surface area contributed by atoms with Crippen LogP contribution in [0.4, 0.5) is 0 Å². The lowest BCUT2D eigenvalue weighted by atomic mass is 10.1. The molecule has 0 amide bonds.